The number of methoxy groups -OCH3 is 1. The average Bonchev–Trinajstić information content (AvgIpc) is 3.36. The van der Waals surface area contributed by atoms with Crippen LogP contribution in [0, 0.1) is 3.57 Å². The Morgan fingerprint density at radius 1 is 0.466 bits per heavy atom. The molecule has 0 N–H and O–H groups in total. The largest absolute Gasteiger partial charge is 0.496 e. The molecule has 10 atom stereocenters. The first-order chi connectivity index (χ1) is 35.0. The predicted octanol–water partition coefficient (Wildman–Crippen LogP) is 5.74. The summed E-state index contributed by atoms with van der Waals surface area (Å²) in [5.74, 6) is -4.84. The van der Waals surface area contributed by atoms with E-state index in [4.69, 9.17) is 61.6 Å². The number of carbonyl (C=O) groups is 7. The summed E-state index contributed by atoms with van der Waals surface area (Å²) in [6.45, 7) is 4.21. The molecule has 2 fully saturated rings. The third-order valence-corrected chi connectivity index (χ3v) is 11.9. The van der Waals surface area contributed by atoms with Crippen LogP contribution in [0.15, 0.2) is 103 Å². The molecule has 0 unspecified atom stereocenters. The number of benzene rings is 4. The summed E-state index contributed by atoms with van der Waals surface area (Å²) in [7, 11) is 1.53. The van der Waals surface area contributed by atoms with Gasteiger partial charge in [-0.2, -0.15) is 0 Å². The van der Waals surface area contributed by atoms with E-state index in [0.29, 0.717) is 22.4 Å². The molecule has 0 radical (unpaired) electrons. The average molecular weight is 1130 g/mol. The van der Waals surface area contributed by atoms with Gasteiger partial charge in [0.05, 0.1) is 35.0 Å². The Morgan fingerprint density at radius 3 is 1.53 bits per heavy atom. The summed E-state index contributed by atoms with van der Waals surface area (Å²) in [5.41, 5.74) is 2.28. The Labute approximate surface area is 434 Å². The molecule has 0 amide bonds. The van der Waals surface area contributed by atoms with Crippen LogP contribution in [0.25, 0.3) is 0 Å². The van der Waals surface area contributed by atoms with Gasteiger partial charge >= 0.3 is 41.8 Å². The monoisotopic (exact) mass is 1130 g/mol. The lowest BCUT2D eigenvalue weighted by molar-refractivity contribution is -0.364. The molecule has 21 heteroatoms. The third kappa shape index (κ3) is 16.2. The quantitative estimate of drug-likeness (QED) is 0.0549. The van der Waals surface area contributed by atoms with Gasteiger partial charge in [0.2, 0.25) is 0 Å². The zero-order valence-electron chi connectivity index (χ0n) is 40.7. The van der Waals surface area contributed by atoms with Crippen LogP contribution < -0.4 is 4.74 Å². The molecule has 6 rings (SSSR count). The second-order valence-corrected chi connectivity index (χ2v) is 17.7. The maximum absolute atomic E-state index is 14.2. The molecule has 2 saturated heterocycles. The van der Waals surface area contributed by atoms with Crippen molar-refractivity contribution < 1.29 is 95.1 Å². The van der Waals surface area contributed by atoms with Crippen LogP contribution in [0.3, 0.4) is 0 Å². The highest BCUT2D eigenvalue weighted by molar-refractivity contribution is 14.1. The molecule has 0 spiro atoms. The first-order valence-electron chi connectivity index (χ1n) is 22.9. The summed E-state index contributed by atoms with van der Waals surface area (Å²) < 4.78 is 79.0. The highest BCUT2D eigenvalue weighted by Gasteiger charge is 2.57. The van der Waals surface area contributed by atoms with Crippen molar-refractivity contribution in [3.63, 3.8) is 0 Å². The molecule has 2 aliphatic heterocycles. The van der Waals surface area contributed by atoms with E-state index in [1.807, 2.05) is 0 Å². The van der Waals surface area contributed by atoms with E-state index in [-0.39, 0.29) is 30.9 Å². The molecule has 0 bridgehead atoms. The molecule has 2 heterocycles. The van der Waals surface area contributed by atoms with Crippen molar-refractivity contribution in [3.8, 4) is 5.75 Å². The van der Waals surface area contributed by atoms with Gasteiger partial charge in [-0.1, -0.05) is 66.7 Å². The van der Waals surface area contributed by atoms with Gasteiger partial charge < -0.3 is 61.6 Å². The minimum Gasteiger partial charge on any atom is -0.496 e. The van der Waals surface area contributed by atoms with Gasteiger partial charge in [-0.05, 0) is 75.7 Å². The number of carbonyl (C=O) groups excluding carboxylic acids is 7. The fraction of sp³-hybridized carbons (Fsp3) is 0.404. The number of ether oxygens (including phenoxy) is 13. The minimum atomic E-state index is -1.82. The van der Waals surface area contributed by atoms with E-state index in [1.54, 1.807) is 91.0 Å². The molecular weight excluding hydrogens is 1070 g/mol. The Morgan fingerprint density at radius 2 is 0.959 bits per heavy atom. The lowest BCUT2D eigenvalue weighted by Crippen LogP contribution is -2.67. The van der Waals surface area contributed by atoms with Crippen LogP contribution in [0.1, 0.15) is 72.0 Å². The number of halogens is 1. The Hall–Kier alpha value is -6.50. The summed E-state index contributed by atoms with van der Waals surface area (Å²) in [6.07, 6.45) is -15.6. The lowest BCUT2D eigenvalue weighted by Gasteiger charge is -2.49. The lowest BCUT2D eigenvalue weighted by atomic mass is 9.95. The van der Waals surface area contributed by atoms with Gasteiger partial charge in [0.25, 0.3) is 0 Å². The van der Waals surface area contributed by atoms with Gasteiger partial charge in [-0.3, -0.25) is 24.0 Å². The first-order valence-corrected chi connectivity index (χ1v) is 23.9. The van der Waals surface area contributed by atoms with Gasteiger partial charge in [0.1, 0.15) is 50.0 Å². The van der Waals surface area contributed by atoms with Crippen molar-refractivity contribution in [1.82, 2.24) is 0 Å². The van der Waals surface area contributed by atoms with E-state index in [9.17, 15) is 33.6 Å². The highest BCUT2D eigenvalue weighted by atomic mass is 127. The smallest absolute Gasteiger partial charge is 0.338 e. The Bertz CT molecular complexity index is 2520. The highest BCUT2D eigenvalue weighted by Crippen LogP contribution is 2.37. The van der Waals surface area contributed by atoms with E-state index < -0.39 is 116 Å². The maximum atomic E-state index is 14.2. The van der Waals surface area contributed by atoms with Crippen molar-refractivity contribution in [1.29, 1.82) is 0 Å². The second kappa shape index (κ2) is 27.0. The fourth-order valence-electron chi connectivity index (χ4n) is 7.75. The van der Waals surface area contributed by atoms with Crippen LogP contribution in [-0.2, 0) is 101 Å². The maximum Gasteiger partial charge on any atom is 0.338 e. The van der Waals surface area contributed by atoms with E-state index in [0.717, 1.165) is 31.3 Å². The summed E-state index contributed by atoms with van der Waals surface area (Å²) in [6, 6.07) is 28.4. The van der Waals surface area contributed by atoms with E-state index >= 15 is 0 Å². The fourth-order valence-corrected chi connectivity index (χ4v) is 8.55. The van der Waals surface area contributed by atoms with Crippen LogP contribution in [0.4, 0.5) is 0 Å². The zero-order valence-corrected chi connectivity index (χ0v) is 42.8. The molecule has 0 aliphatic carbocycles. The minimum absolute atomic E-state index is 0.0380. The van der Waals surface area contributed by atoms with E-state index in [2.05, 4.69) is 22.6 Å². The second-order valence-electron chi connectivity index (χ2n) is 16.6. The van der Waals surface area contributed by atoms with Gasteiger partial charge in [0.15, 0.2) is 37.0 Å². The van der Waals surface area contributed by atoms with Gasteiger partial charge in [-0.15, -0.1) is 0 Å². The van der Waals surface area contributed by atoms with Crippen molar-refractivity contribution in [2.45, 2.75) is 116 Å². The molecule has 4 aromatic rings. The summed E-state index contributed by atoms with van der Waals surface area (Å²) in [5, 5.41) is 0. The van der Waals surface area contributed by atoms with Gasteiger partial charge in [-0.25, -0.2) is 9.59 Å². The van der Waals surface area contributed by atoms with Crippen molar-refractivity contribution >= 4 is 64.4 Å². The topological polar surface area (TPSA) is 239 Å². The molecule has 73 heavy (non-hydrogen) atoms. The van der Waals surface area contributed by atoms with Crippen LogP contribution in [-0.4, -0.2) is 124 Å². The third-order valence-electron chi connectivity index (χ3n) is 11.0. The number of rotatable bonds is 21. The predicted molar refractivity (Wildman–Crippen MR) is 259 cm³/mol. The Kier molecular flexibility index (Phi) is 20.6. The summed E-state index contributed by atoms with van der Waals surface area (Å²) in [4.78, 5) is 89.8. The van der Waals surface area contributed by atoms with Crippen molar-refractivity contribution in [2.24, 2.45) is 0 Å². The number of hydrogen-bond donors (Lipinski definition) is 0. The number of esters is 7. The number of hydrogen-bond acceptors (Lipinski definition) is 20. The van der Waals surface area contributed by atoms with E-state index in [1.165, 1.54) is 26.2 Å². The normalized spacial score (nSPS) is 23.4. The molecule has 4 aromatic carbocycles. The first kappa shape index (κ1) is 55.8. The standard InChI is InChI=1S/C52H55IO20/c1-29(54)62-24-34-17-19-35(20-18-34)25-66-51-47(72-50(60)38-15-11-8-12-16-38)45(64-26-36-21-22-40(61-6)39(53)23-36)43(42(70-51)28-65-49(59)37-13-9-7-10-14-37)73-52-48(69-33(5)58)46(68-32(4)57)44(67-31(3)56)41(71-52)27-63-30(2)55/h7-23,41-48,51-52H,24-28H2,1-6H3/t41-,42-,43+,44-,45+,46+,47-,48-,51-,52+/m1/s1. The molecule has 20 nitrogen and oxygen atoms in total. The van der Waals surface area contributed by atoms with Crippen molar-refractivity contribution in [3.05, 3.63) is 135 Å². The van der Waals surface area contributed by atoms with Gasteiger partial charge in [0, 0.05) is 34.6 Å². The van der Waals surface area contributed by atoms with Crippen LogP contribution in [0.2, 0.25) is 0 Å². The summed E-state index contributed by atoms with van der Waals surface area (Å²) >= 11 is 2.10. The molecule has 0 aromatic heterocycles. The Balaban J connectivity index is 1.49. The zero-order chi connectivity index (χ0) is 52.6. The molecular formula is C52H55IO20. The van der Waals surface area contributed by atoms with Crippen molar-refractivity contribution in [2.75, 3.05) is 20.3 Å². The SMILES string of the molecule is COc1ccc(CO[C@H]2[C@@H](O[C@@H]3O[C@H](COC(C)=O)[C@@H](OC(C)=O)[C@H](OC(C)=O)[C@H]3OC(C)=O)[C@@H](COC(=O)c3ccccc3)O[C@@H](OCc3ccc(COC(C)=O)cc3)[C@@H]2OC(=O)c2ccccc2)cc1I. The molecule has 2 aliphatic rings. The van der Waals surface area contributed by atoms with Crippen LogP contribution in [0.5, 0.6) is 5.75 Å². The van der Waals surface area contributed by atoms with Crippen LogP contribution >= 0.6 is 22.6 Å². The molecule has 0 saturated carbocycles. The molecule has 390 valence electrons.